The summed E-state index contributed by atoms with van der Waals surface area (Å²) in [5.41, 5.74) is 0. The van der Waals surface area contributed by atoms with Gasteiger partial charge in [-0.15, -0.1) is 0 Å². The first kappa shape index (κ1) is 8.97. The van der Waals surface area contributed by atoms with E-state index in [4.69, 9.17) is 9.84 Å². The molecule has 0 heterocycles. The molecular weight excluding hydrogens is 144 g/mol. The van der Waals surface area contributed by atoms with Gasteiger partial charge in [0.15, 0.2) is 6.29 Å². The Hall–Kier alpha value is -0.120. The molecule has 3 heteroatoms. The van der Waals surface area contributed by atoms with Crippen molar-refractivity contribution in [3.8, 4) is 0 Å². The standard InChI is InChI=1S/C8H16O3/c1-6(9)11-8-5-3-2-4-7(8)10/h6-10H,2-5H2,1H3/t6?,7-,8+/m1/s1. The molecule has 1 saturated carbocycles. The molecule has 3 nitrogen and oxygen atoms in total. The van der Waals surface area contributed by atoms with Gasteiger partial charge in [-0.05, 0) is 19.8 Å². The van der Waals surface area contributed by atoms with E-state index in [1.54, 1.807) is 6.92 Å². The fourth-order valence-electron chi connectivity index (χ4n) is 1.49. The van der Waals surface area contributed by atoms with Crippen molar-refractivity contribution < 1.29 is 14.9 Å². The lowest BCUT2D eigenvalue weighted by atomic mass is 9.95. The Labute approximate surface area is 67.0 Å². The first-order chi connectivity index (χ1) is 5.20. The van der Waals surface area contributed by atoms with E-state index in [-0.39, 0.29) is 12.2 Å². The second kappa shape index (κ2) is 4.04. The van der Waals surface area contributed by atoms with Gasteiger partial charge in [-0.25, -0.2) is 0 Å². The van der Waals surface area contributed by atoms with Crippen LogP contribution in [0.1, 0.15) is 32.6 Å². The lowest BCUT2D eigenvalue weighted by Crippen LogP contribution is -2.34. The molecule has 2 N–H and O–H groups in total. The molecule has 1 aliphatic carbocycles. The number of hydrogen-bond donors (Lipinski definition) is 2. The highest BCUT2D eigenvalue weighted by Gasteiger charge is 2.24. The van der Waals surface area contributed by atoms with Crippen LogP contribution in [0.5, 0.6) is 0 Å². The van der Waals surface area contributed by atoms with E-state index in [1.165, 1.54) is 0 Å². The molecule has 0 amide bonds. The van der Waals surface area contributed by atoms with Gasteiger partial charge < -0.3 is 14.9 Å². The topological polar surface area (TPSA) is 49.7 Å². The predicted octanol–water partition coefficient (Wildman–Crippen LogP) is 0.645. The van der Waals surface area contributed by atoms with Gasteiger partial charge in [0.05, 0.1) is 12.2 Å². The normalized spacial score (nSPS) is 35.2. The molecule has 0 spiro atoms. The molecule has 66 valence electrons. The Morgan fingerprint density at radius 3 is 2.55 bits per heavy atom. The number of aliphatic hydroxyl groups is 2. The molecule has 0 aromatic heterocycles. The third-order valence-corrected chi connectivity index (χ3v) is 2.04. The third kappa shape index (κ3) is 2.77. The maximum absolute atomic E-state index is 9.38. The fourth-order valence-corrected chi connectivity index (χ4v) is 1.49. The van der Waals surface area contributed by atoms with Gasteiger partial charge in [0.2, 0.25) is 0 Å². The highest BCUT2D eigenvalue weighted by Crippen LogP contribution is 2.21. The highest BCUT2D eigenvalue weighted by molar-refractivity contribution is 4.74. The van der Waals surface area contributed by atoms with Crippen molar-refractivity contribution in [2.45, 2.75) is 51.1 Å². The minimum atomic E-state index is -0.757. The van der Waals surface area contributed by atoms with Crippen molar-refractivity contribution in [1.29, 1.82) is 0 Å². The zero-order chi connectivity index (χ0) is 8.27. The second-order valence-corrected chi connectivity index (χ2v) is 3.13. The minimum Gasteiger partial charge on any atom is -0.390 e. The molecule has 1 aliphatic rings. The fraction of sp³-hybridized carbons (Fsp3) is 1.00. The molecule has 0 aromatic rings. The van der Waals surface area contributed by atoms with E-state index in [9.17, 15) is 5.11 Å². The smallest absolute Gasteiger partial charge is 0.152 e. The van der Waals surface area contributed by atoms with E-state index in [0.29, 0.717) is 0 Å². The van der Waals surface area contributed by atoms with Crippen LogP contribution >= 0.6 is 0 Å². The van der Waals surface area contributed by atoms with Crippen LogP contribution in [-0.2, 0) is 4.74 Å². The molecule has 0 aromatic carbocycles. The largest absolute Gasteiger partial charge is 0.390 e. The summed E-state index contributed by atoms with van der Waals surface area (Å²) in [6.07, 6.45) is 2.55. The van der Waals surface area contributed by atoms with Crippen LogP contribution in [0.3, 0.4) is 0 Å². The van der Waals surface area contributed by atoms with Crippen LogP contribution in [0.4, 0.5) is 0 Å². The summed E-state index contributed by atoms with van der Waals surface area (Å²) in [6.45, 7) is 1.57. The van der Waals surface area contributed by atoms with Crippen LogP contribution in [0.15, 0.2) is 0 Å². The van der Waals surface area contributed by atoms with Crippen LogP contribution in [-0.4, -0.2) is 28.7 Å². The number of aliphatic hydroxyl groups excluding tert-OH is 2. The van der Waals surface area contributed by atoms with Crippen LogP contribution in [0, 0.1) is 0 Å². The Kier molecular flexibility index (Phi) is 3.30. The molecule has 0 radical (unpaired) electrons. The van der Waals surface area contributed by atoms with Crippen molar-refractivity contribution >= 4 is 0 Å². The summed E-state index contributed by atoms with van der Waals surface area (Å²) in [4.78, 5) is 0. The van der Waals surface area contributed by atoms with Crippen molar-refractivity contribution in [2.75, 3.05) is 0 Å². The van der Waals surface area contributed by atoms with E-state index in [0.717, 1.165) is 25.7 Å². The van der Waals surface area contributed by atoms with E-state index in [2.05, 4.69) is 0 Å². The van der Waals surface area contributed by atoms with Crippen LogP contribution in [0.25, 0.3) is 0 Å². The number of hydrogen-bond acceptors (Lipinski definition) is 3. The minimum absolute atomic E-state index is 0.149. The number of ether oxygens (including phenoxy) is 1. The Morgan fingerprint density at radius 1 is 1.36 bits per heavy atom. The lowest BCUT2D eigenvalue weighted by molar-refractivity contribution is -0.164. The highest BCUT2D eigenvalue weighted by atomic mass is 16.6. The molecular formula is C8H16O3. The van der Waals surface area contributed by atoms with Gasteiger partial charge in [0.25, 0.3) is 0 Å². The van der Waals surface area contributed by atoms with Gasteiger partial charge in [0, 0.05) is 0 Å². The first-order valence-corrected chi connectivity index (χ1v) is 4.21. The summed E-state index contributed by atoms with van der Waals surface area (Å²) < 4.78 is 5.11. The van der Waals surface area contributed by atoms with E-state index >= 15 is 0 Å². The quantitative estimate of drug-likeness (QED) is 0.583. The van der Waals surface area contributed by atoms with E-state index in [1.807, 2.05) is 0 Å². The maximum atomic E-state index is 9.38. The van der Waals surface area contributed by atoms with Crippen molar-refractivity contribution in [2.24, 2.45) is 0 Å². The van der Waals surface area contributed by atoms with Crippen molar-refractivity contribution in [3.63, 3.8) is 0 Å². The second-order valence-electron chi connectivity index (χ2n) is 3.13. The van der Waals surface area contributed by atoms with Crippen LogP contribution < -0.4 is 0 Å². The molecule has 0 aliphatic heterocycles. The Balaban J connectivity index is 2.29. The van der Waals surface area contributed by atoms with Crippen molar-refractivity contribution in [1.82, 2.24) is 0 Å². The Bertz CT molecular complexity index is 114. The first-order valence-electron chi connectivity index (χ1n) is 4.21. The Morgan fingerprint density at radius 2 is 2.00 bits per heavy atom. The average molecular weight is 160 g/mol. The predicted molar refractivity (Wildman–Crippen MR) is 41.0 cm³/mol. The average Bonchev–Trinajstić information content (AvgIpc) is 1.93. The van der Waals surface area contributed by atoms with Gasteiger partial charge in [0.1, 0.15) is 0 Å². The molecule has 1 fully saturated rings. The van der Waals surface area contributed by atoms with Gasteiger partial charge in [-0.3, -0.25) is 0 Å². The zero-order valence-electron chi connectivity index (χ0n) is 6.86. The molecule has 0 bridgehead atoms. The molecule has 1 rings (SSSR count). The van der Waals surface area contributed by atoms with Gasteiger partial charge in [-0.1, -0.05) is 12.8 Å². The monoisotopic (exact) mass is 160 g/mol. The molecule has 3 atom stereocenters. The zero-order valence-corrected chi connectivity index (χ0v) is 6.86. The molecule has 0 saturated heterocycles. The summed E-state index contributed by atoms with van der Waals surface area (Å²) in [7, 11) is 0. The SMILES string of the molecule is CC(O)O[C@H]1CCCC[C@H]1O. The van der Waals surface area contributed by atoms with E-state index < -0.39 is 6.29 Å². The van der Waals surface area contributed by atoms with Crippen molar-refractivity contribution in [3.05, 3.63) is 0 Å². The summed E-state index contributed by atoms with van der Waals surface area (Å²) >= 11 is 0. The molecule has 1 unspecified atom stereocenters. The van der Waals surface area contributed by atoms with Crippen LogP contribution in [0.2, 0.25) is 0 Å². The van der Waals surface area contributed by atoms with Gasteiger partial charge in [-0.2, -0.15) is 0 Å². The number of rotatable bonds is 2. The summed E-state index contributed by atoms with van der Waals surface area (Å²) in [5.74, 6) is 0. The third-order valence-electron chi connectivity index (χ3n) is 2.04. The lowest BCUT2D eigenvalue weighted by Gasteiger charge is -2.28. The van der Waals surface area contributed by atoms with Gasteiger partial charge >= 0.3 is 0 Å². The maximum Gasteiger partial charge on any atom is 0.152 e. The summed E-state index contributed by atoms with van der Waals surface area (Å²) in [5, 5.41) is 18.3. The summed E-state index contributed by atoms with van der Waals surface area (Å²) in [6, 6.07) is 0. The molecule has 11 heavy (non-hydrogen) atoms.